The number of nitrogens with two attached hydrogens (primary N) is 1. The zero-order valence-corrected chi connectivity index (χ0v) is 21.4. The number of anilines is 1. The smallest absolute Gasteiger partial charge is 0.325 e. The quantitative estimate of drug-likeness (QED) is 0.238. The van der Waals surface area contributed by atoms with E-state index in [2.05, 4.69) is 20.1 Å². The number of hydrogen-bond donors (Lipinski definition) is 4. The molecule has 1 saturated heterocycles. The van der Waals surface area contributed by atoms with Gasteiger partial charge in [-0.05, 0) is 18.9 Å². The number of aromatic amines is 2. The monoisotopic (exact) mass is 538 g/mol. The van der Waals surface area contributed by atoms with Gasteiger partial charge in [0.2, 0.25) is 11.8 Å². The van der Waals surface area contributed by atoms with E-state index < -0.39 is 5.69 Å². The zero-order chi connectivity index (χ0) is 27.8. The average Bonchev–Trinajstić information content (AvgIpc) is 3.55. The Morgan fingerprint density at radius 2 is 1.85 bits per heavy atom. The molecule has 4 aromatic heterocycles. The SMILES string of the molecule is Nc1c(C=O)c(C2CCN(C(=O)Cc3[nH]c(=O)[nH]c3O)CC2)nc2c(-c3ccc(-c4ccccc4)nc3)cnn12. The topological polar surface area (TPSA) is 175 Å². The van der Waals surface area contributed by atoms with Gasteiger partial charge in [0.15, 0.2) is 11.9 Å². The maximum Gasteiger partial charge on any atom is 0.325 e. The average molecular weight is 539 g/mol. The molecule has 0 saturated carbocycles. The predicted molar refractivity (Wildman–Crippen MR) is 147 cm³/mol. The number of nitrogens with one attached hydrogen (secondary N) is 2. The minimum absolute atomic E-state index is 0.0988. The Labute approximate surface area is 227 Å². The highest BCUT2D eigenvalue weighted by Crippen LogP contribution is 2.34. The molecular weight excluding hydrogens is 512 g/mol. The van der Waals surface area contributed by atoms with Gasteiger partial charge >= 0.3 is 5.69 Å². The van der Waals surface area contributed by atoms with Crippen LogP contribution in [-0.4, -0.2) is 64.8 Å². The molecule has 0 spiro atoms. The molecule has 40 heavy (non-hydrogen) atoms. The van der Waals surface area contributed by atoms with E-state index in [1.54, 1.807) is 17.3 Å². The van der Waals surface area contributed by atoms with Gasteiger partial charge in [0.05, 0.1) is 35.3 Å². The Morgan fingerprint density at radius 1 is 1.07 bits per heavy atom. The summed E-state index contributed by atoms with van der Waals surface area (Å²) >= 11 is 0. The van der Waals surface area contributed by atoms with Crippen LogP contribution in [0.4, 0.5) is 5.82 Å². The molecule has 5 heterocycles. The maximum atomic E-state index is 12.8. The lowest BCUT2D eigenvalue weighted by Crippen LogP contribution is -2.39. The van der Waals surface area contributed by atoms with E-state index in [0.29, 0.717) is 49.1 Å². The number of nitrogens with zero attached hydrogens (tertiary/aromatic N) is 5. The first-order valence-corrected chi connectivity index (χ1v) is 12.8. The van der Waals surface area contributed by atoms with Gasteiger partial charge in [-0.15, -0.1) is 0 Å². The van der Waals surface area contributed by atoms with Gasteiger partial charge in [-0.25, -0.2) is 9.78 Å². The number of benzene rings is 1. The molecule has 12 nitrogen and oxygen atoms in total. The number of aldehydes is 1. The van der Waals surface area contributed by atoms with Crippen molar-refractivity contribution in [2.45, 2.75) is 25.2 Å². The Kier molecular flexibility index (Phi) is 6.34. The number of aromatic hydroxyl groups is 1. The molecule has 5 N–H and O–H groups in total. The van der Waals surface area contributed by atoms with Crippen LogP contribution in [0.5, 0.6) is 5.88 Å². The van der Waals surface area contributed by atoms with Crippen LogP contribution in [0.1, 0.15) is 40.5 Å². The highest BCUT2D eigenvalue weighted by atomic mass is 16.3. The van der Waals surface area contributed by atoms with Crippen LogP contribution in [0.3, 0.4) is 0 Å². The fourth-order valence-electron chi connectivity index (χ4n) is 5.22. The molecule has 0 aliphatic carbocycles. The number of pyridine rings is 1. The van der Waals surface area contributed by atoms with Crippen LogP contribution in [0, 0.1) is 0 Å². The summed E-state index contributed by atoms with van der Waals surface area (Å²) in [6, 6.07) is 13.8. The molecule has 202 valence electrons. The number of fused-ring (bicyclic) bond motifs is 1. The highest BCUT2D eigenvalue weighted by molar-refractivity contribution is 5.87. The highest BCUT2D eigenvalue weighted by Gasteiger charge is 2.29. The number of likely N-dealkylation sites (tertiary alicyclic amines) is 1. The largest absolute Gasteiger partial charge is 0.493 e. The number of aromatic nitrogens is 6. The van der Waals surface area contributed by atoms with E-state index in [0.717, 1.165) is 22.4 Å². The Hall–Kier alpha value is -5.26. The summed E-state index contributed by atoms with van der Waals surface area (Å²) in [6.07, 6.45) is 5.16. The van der Waals surface area contributed by atoms with E-state index in [1.165, 1.54) is 4.52 Å². The molecule has 12 heteroatoms. The summed E-state index contributed by atoms with van der Waals surface area (Å²) in [5, 5.41) is 14.2. The molecule has 1 aliphatic heterocycles. The number of rotatable bonds is 6. The van der Waals surface area contributed by atoms with Crippen LogP contribution in [0.2, 0.25) is 0 Å². The summed E-state index contributed by atoms with van der Waals surface area (Å²) in [5.74, 6) is -0.440. The van der Waals surface area contributed by atoms with Crippen molar-refractivity contribution in [2.24, 2.45) is 0 Å². The summed E-state index contributed by atoms with van der Waals surface area (Å²) in [6.45, 7) is 0.863. The molecule has 5 aromatic rings. The molecule has 0 radical (unpaired) electrons. The first-order chi connectivity index (χ1) is 19.4. The normalized spacial score (nSPS) is 14.1. The van der Waals surface area contributed by atoms with Crippen LogP contribution in [0.25, 0.3) is 28.0 Å². The van der Waals surface area contributed by atoms with Gasteiger partial charge in [-0.3, -0.25) is 19.6 Å². The molecule has 1 aromatic carbocycles. The van der Waals surface area contributed by atoms with Crippen LogP contribution >= 0.6 is 0 Å². The zero-order valence-electron chi connectivity index (χ0n) is 21.4. The Balaban J connectivity index is 1.26. The number of imidazole rings is 1. The summed E-state index contributed by atoms with van der Waals surface area (Å²) in [4.78, 5) is 52.1. The van der Waals surface area contributed by atoms with Crippen molar-refractivity contribution >= 4 is 23.7 Å². The second-order valence-electron chi connectivity index (χ2n) is 9.74. The van der Waals surface area contributed by atoms with Gasteiger partial charge in [0.1, 0.15) is 5.82 Å². The second kappa shape index (κ2) is 10.1. The molecular formula is C28H26N8O4. The van der Waals surface area contributed by atoms with E-state index in [1.807, 2.05) is 42.5 Å². The number of carbonyl (C=O) groups excluding carboxylic acids is 2. The van der Waals surface area contributed by atoms with Gasteiger partial charge in [-0.1, -0.05) is 36.4 Å². The second-order valence-corrected chi connectivity index (χ2v) is 9.74. The molecule has 1 aliphatic rings. The first-order valence-electron chi connectivity index (χ1n) is 12.8. The van der Waals surface area contributed by atoms with Crippen molar-refractivity contribution in [1.82, 2.24) is 34.4 Å². The molecule has 0 unspecified atom stereocenters. The van der Waals surface area contributed by atoms with Crippen molar-refractivity contribution in [3.8, 4) is 28.3 Å². The standard InChI is InChI=1S/C28H26N8O4/c29-25-20(15-37)24(17-8-10-35(11-9-17)23(38)12-22-27(39)34-28(40)32-22)33-26-19(14-31-36(25)26)18-6-7-21(30-13-18)16-4-2-1-3-5-16/h1-7,13-15,17,39H,8-12,29H2,(H2,32,34,40). The minimum Gasteiger partial charge on any atom is -0.493 e. The lowest BCUT2D eigenvalue weighted by molar-refractivity contribution is -0.131. The lowest BCUT2D eigenvalue weighted by atomic mass is 9.90. The Morgan fingerprint density at radius 3 is 2.50 bits per heavy atom. The maximum absolute atomic E-state index is 12.8. The fraction of sp³-hybridized carbons (Fsp3) is 0.214. The van der Waals surface area contributed by atoms with Crippen LogP contribution in [0.15, 0.2) is 59.7 Å². The van der Waals surface area contributed by atoms with Crippen molar-refractivity contribution in [1.29, 1.82) is 0 Å². The van der Waals surface area contributed by atoms with Crippen molar-refractivity contribution < 1.29 is 14.7 Å². The number of hydrogen-bond acceptors (Lipinski definition) is 8. The number of piperidine rings is 1. The number of amides is 1. The number of H-pyrrole nitrogens is 2. The summed E-state index contributed by atoms with van der Waals surface area (Å²) in [7, 11) is 0. The third-order valence-corrected chi connectivity index (χ3v) is 7.36. The van der Waals surface area contributed by atoms with Crippen molar-refractivity contribution in [2.75, 3.05) is 18.8 Å². The molecule has 0 atom stereocenters. The van der Waals surface area contributed by atoms with Crippen molar-refractivity contribution in [3.05, 3.63) is 82.3 Å². The van der Waals surface area contributed by atoms with Gasteiger partial charge in [0, 0.05) is 41.9 Å². The fourth-order valence-corrected chi connectivity index (χ4v) is 5.22. The third kappa shape index (κ3) is 4.49. The van der Waals surface area contributed by atoms with Crippen LogP contribution in [-0.2, 0) is 11.2 Å². The Bertz CT molecular complexity index is 1760. The lowest BCUT2D eigenvalue weighted by Gasteiger charge is -2.32. The summed E-state index contributed by atoms with van der Waals surface area (Å²) in [5.41, 5.74) is 10.8. The molecule has 1 fully saturated rings. The third-order valence-electron chi connectivity index (χ3n) is 7.36. The van der Waals surface area contributed by atoms with Gasteiger partial charge in [0.25, 0.3) is 0 Å². The number of nitrogen functional groups attached to an aromatic ring is 1. The van der Waals surface area contributed by atoms with Crippen molar-refractivity contribution in [3.63, 3.8) is 0 Å². The van der Waals surface area contributed by atoms with Gasteiger partial charge < -0.3 is 20.7 Å². The van der Waals surface area contributed by atoms with E-state index in [9.17, 15) is 19.5 Å². The molecule has 6 rings (SSSR count). The first kappa shape index (κ1) is 25.0. The summed E-state index contributed by atoms with van der Waals surface area (Å²) < 4.78 is 1.47. The molecule has 1 amide bonds. The van der Waals surface area contributed by atoms with E-state index in [-0.39, 0.29) is 35.6 Å². The number of carbonyl (C=O) groups is 2. The van der Waals surface area contributed by atoms with Gasteiger partial charge in [-0.2, -0.15) is 9.61 Å². The minimum atomic E-state index is -0.568. The molecule has 0 bridgehead atoms. The van der Waals surface area contributed by atoms with E-state index >= 15 is 0 Å². The predicted octanol–water partition coefficient (Wildman–Crippen LogP) is 2.52. The van der Waals surface area contributed by atoms with Crippen LogP contribution < -0.4 is 11.4 Å². The van der Waals surface area contributed by atoms with E-state index in [4.69, 9.17) is 10.7 Å².